The van der Waals surface area contributed by atoms with Crippen LogP contribution in [0.2, 0.25) is 0 Å². The van der Waals surface area contributed by atoms with Gasteiger partial charge in [0.1, 0.15) is 42.9 Å². The second-order valence-corrected chi connectivity index (χ2v) is 13.1. The topological polar surface area (TPSA) is 115 Å². The number of anilines is 1. The van der Waals surface area contributed by atoms with Gasteiger partial charge in [0.25, 0.3) is 0 Å². The van der Waals surface area contributed by atoms with Crippen molar-refractivity contribution in [3.05, 3.63) is 53.7 Å². The third-order valence-corrected chi connectivity index (χ3v) is 10.6. The molecule has 2 fully saturated rings. The maximum atomic E-state index is 6.62. The van der Waals surface area contributed by atoms with Crippen LogP contribution in [0.15, 0.2) is 42.6 Å². The van der Waals surface area contributed by atoms with Crippen molar-refractivity contribution in [2.75, 3.05) is 45.4 Å². The Hall–Kier alpha value is -3.42. The number of rotatable bonds is 8. The number of nitrogens with one attached hydrogen (secondary N) is 1. The van der Waals surface area contributed by atoms with Gasteiger partial charge in [-0.3, -0.25) is 9.91 Å². The predicted octanol–water partition coefficient (Wildman–Crippen LogP) is 5.19. The van der Waals surface area contributed by atoms with Crippen LogP contribution in [-0.2, 0) is 6.54 Å². The minimum Gasteiger partial charge on any atom is -0.497 e. The quantitative estimate of drug-likeness (QED) is 0.178. The Morgan fingerprint density at radius 2 is 1.79 bits per heavy atom. The molecule has 3 N–H and O–H groups in total. The van der Waals surface area contributed by atoms with Crippen molar-refractivity contribution in [2.24, 2.45) is 5.84 Å². The van der Waals surface area contributed by atoms with Crippen LogP contribution in [0.3, 0.4) is 0 Å². The Bertz CT molecular complexity index is 1690. The van der Waals surface area contributed by atoms with E-state index in [0.717, 1.165) is 112 Å². The Kier molecular flexibility index (Phi) is 8.11. The van der Waals surface area contributed by atoms with Gasteiger partial charge in [-0.15, -0.1) is 0 Å². The fourth-order valence-corrected chi connectivity index (χ4v) is 8.06. The second kappa shape index (κ2) is 12.3. The van der Waals surface area contributed by atoms with Gasteiger partial charge < -0.3 is 14.8 Å². The van der Waals surface area contributed by atoms with Gasteiger partial charge in [-0.05, 0) is 99.7 Å². The number of piperidine rings is 2. The zero-order valence-electron chi connectivity index (χ0n) is 24.5. The summed E-state index contributed by atoms with van der Waals surface area (Å²) in [5, 5.41) is 7.01. The third-order valence-electron chi connectivity index (χ3n) is 8.60. The summed E-state index contributed by atoms with van der Waals surface area (Å²) in [4.78, 5) is 24.1. The van der Waals surface area contributed by atoms with Gasteiger partial charge in [-0.25, -0.2) is 25.8 Å². The first kappa shape index (κ1) is 28.4. The van der Waals surface area contributed by atoms with Crippen molar-refractivity contribution in [3.63, 3.8) is 0 Å². The molecule has 0 amide bonds. The van der Waals surface area contributed by atoms with Crippen LogP contribution >= 0.6 is 22.7 Å². The summed E-state index contributed by atoms with van der Waals surface area (Å²) in [6.07, 6.45) is 5.88. The molecule has 12 heteroatoms. The van der Waals surface area contributed by atoms with Gasteiger partial charge in [0.2, 0.25) is 5.13 Å². The number of likely N-dealkylation sites (tertiary alicyclic amines) is 1. The van der Waals surface area contributed by atoms with Crippen LogP contribution in [0.4, 0.5) is 5.13 Å². The molecule has 0 unspecified atom stereocenters. The van der Waals surface area contributed by atoms with Crippen LogP contribution < -0.4 is 25.6 Å². The lowest BCUT2D eigenvalue weighted by atomic mass is 9.88. The number of nitrogens with two attached hydrogens (primary N) is 1. The molecule has 2 aliphatic rings. The van der Waals surface area contributed by atoms with Crippen molar-refractivity contribution in [1.82, 2.24) is 30.2 Å². The molecule has 0 saturated carbocycles. The number of pyridine rings is 2. The zero-order valence-corrected chi connectivity index (χ0v) is 26.1. The van der Waals surface area contributed by atoms with Gasteiger partial charge in [0, 0.05) is 24.3 Å². The van der Waals surface area contributed by atoms with Crippen LogP contribution in [0.5, 0.6) is 11.5 Å². The van der Waals surface area contributed by atoms with Gasteiger partial charge in [0.15, 0.2) is 0 Å². The van der Waals surface area contributed by atoms with Crippen molar-refractivity contribution in [3.8, 4) is 22.2 Å². The molecule has 4 aromatic heterocycles. The van der Waals surface area contributed by atoms with Crippen molar-refractivity contribution in [2.45, 2.75) is 44.2 Å². The van der Waals surface area contributed by atoms with E-state index in [1.54, 1.807) is 36.9 Å². The molecule has 1 aromatic carbocycles. The first-order valence-corrected chi connectivity index (χ1v) is 16.4. The van der Waals surface area contributed by atoms with Crippen molar-refractivity contribution >= 4 is 48.5 Å². The number of hydrogen-bond donors (Lipinski definition) is 2. The average molecular weight is 617 g/mol. The molecule has 0 spiro atoms. The minimum absolute atomic E-state index is 0.281. The van der Waals surface area contributed by atoms with Crippen LogP contribution in [0.25, 0.3) is 31.4 Å². The van der Waals surface area contributed by atoms with E-state index < -0.39 is 0 Å². The van der Waals surface area contributed by atoms with Crippen LogP contribution in [0.1, 0.15) is 42.7 Å². The molecule has 7 rings (SSSR count). The summed E-state index contributed by atoms with van der Waals surface area (Å²) in [5.74, 6) is 8.70. The van der Waals surface area contributed by atoms with Gasteiger partial charge in [-0.2, -0.15) is 0 Å². The molecular formula is C31H36N8O2S2. The maximum absolute atomic E-state index is 6.62. The Labute approximate surface area is 258 Å². The van der Waals surface area contributed by atoms with E-state index in [9.17, 15) is 0 Å². The maximum Gasteiger partial charge on any atom is 0.202 e. The summed E-state index contributed by atoms with van der Waals surface area (Å²) in [7, 11) is 3.42. The third kappa shape index (κ3) is 5.77. The lowest BCUT2D eigenvalue weighted by Gasteiger charge is -2.33. The SMILES string of the molecule is COc1ccc(OC)c(CN2CCC(c3cc4nc(N(N)C5CCNCC5)sc4nc3-c3nc4cccnc4s3)CC2)c1. The number of hydrogen-bond acceptors (Lipinski definition) is 12. The molecule has 43 heavy (non-hydrogen) atoms. The molecule has 0 bridgehead atoms. The summed E-state index contributed by atoms with van der Waals surface area (Å²) >= 11 is 3.17. The fourth-order valence-electron chi connectivity index (χ4n) is 6.22. The van der Waals surface area contributed by atoms with Crippen molar-refractivity contribution in [1.29, 1.82) is 0 Å². The Morgan fingerprint density at radius 1 is 0.953 bits per heavy atom. The molecule has 2 saturated heterocycles. The lowest BCUT2D eigenvalue weighted by Crippen LogP contribution is -2.47. The number of fused-ring (bicyclic) bond motifs is 2. The summed E-state index contributed by atoms with van der Waals surface area (Å²) < 4.78 is 11.1. The van der Waals surface area contributed by atoms with E-state index in [4.69, 9.17) is 30.3 Å². The van der Waals surface area contributed by atoms with Crippen LogP contribution in [0, 0.1) is 0 Å². The smallest absolute Gasteiger partial charge is 0.202 e. The largest absolute Gasteiger partial charge is 0.497 e. The Morgan fingerprint density at radius 3 is 2.56 bits per heavy atom. The molecule has 0 atom stereocenters. The molecule has 0 aliphatic carbocycles. The number of nitrogens with zero attached hydrogens (tertiary/aromatic N) is 6. The van der Waals surface area contributed by atoms with Crippen LogP contribution in [-0.4, -0.2) is 71.3 Å². The average Bonchev–Trinajstić information content (AvgIpc) is 3.69. The molecule has 2 aliphatic heterocycles. The van der Waals surface area contributed by atoms with E-state index in [1.807, 2.05) is 35.5 Å². The molecule has 0 radical (unpaired) electrons. The van der Waals surface area contributed by atoms with Gasteiger partial charge in [0.05, 0.1) is 14.2 Å². The minimum atomic E-state index is 0.281. The summed E-state index contributed by atoms with van der Waals surface area (Å²) in [6, 6.07) is 12.5. The molecular weight excluding hydrogens is 581 g/mol. The lowest BCUT2D eigenvalue weighted by molar-refractivity contribution is 0.202. The highest BCUT2D eigenvalue weighted by Crippen LogP contribution is 2.41. The predicted molar refractivity (Wildman–Crippen MR) is 173 cm³/mol. The number of hydrazine groups is 1. The monoisotopic (exact) mass is 616 g/mol. The van der Waals surface area contributed by atoms with Crippen molar-refractivity contribution < 1.29 is 9.47 Å². The highest BCUT2D eigenvalue weighted by Gasteiger charge is 2.28. The number of methoxy groups -OCH3 is 2. The zero-order chi connectivity index (χ0) is 29.3. The molecule has 10 nitrogen and oxygen atoms in total. The van der Waals surface area contributed by atoms with E-state index in [1.165, 1.54) is 5.56 Å². The summed E-state index contributed by atoms with van der Waals surface area (Å²) in [6.45, 7) is 4.71. The number of aromatic nitrogens is 4. The highest BCUT2D eigenvalue weighted by molar-refractivity contribution is 7.22. The van der Waals surface area contributed by atoms with Gasteiger partial charge >= 0.3 is 0 Å². The number of ether oxygens (including phenoxy) is 2. The first-order valence-electron chi connectivity index (χ1n) is 14.8. The fraction of sp³-hybridized carbons (Fsp3) is 0.419. The van der Waals surface area contributed by atoms with E-state index >= 15 is 0 Å². The number of benzene rings is 1. The van der Waals surface area contributed by atoms with E-state index in [0.29, 0.717) is 5.92 Å². The first-order chi connectivity index (χ1) is 21.1. The van der Waals surface area contributed by atoms with E-state index in [2.05, 4.69) is 27.3 Å². The molecule has 224 valence electrons. The number of thiazole rings is 2. The molecule has 6 heterocycles. The molecule has 5 aromatic rings. The Balaban J connectivity index is 1.19. The van der Waals surface area contributed by atoms with E-state index in [-0.39, 0.29) is 6.04 Å². The standard InChI is InChI=1S/C31H36N8O2S2/c1-40-22-5-6-26(41-2)20(16-22)18-38-14-9-19(10-15-38)23-17-25-29(43-31(36-25)39(32)21-7-12-33-13-8-21)37-27(23)30-35-24-4-3-11-34-28(24)42-30/h3-6,11,16-17,19,21,33H,7-10,12-15,18,32H2,1-2H3. The normalized spacial score (nSPS) is 17.1. The van der Waals surface area contributed by atoms with Gasteiger partial charge in [-0.1, -0.05) is 22.7 Å². The highest BCUT2D eigenvalue weighted by atomic mass is 32.1. The summed E-state index contributed by atoms with van der Waals surface area (Å²) in [5.41, 5.74) is 5.12. The second-order valence-electron chi connectivity index (χ2n) is 11.2.